The number of ether oxygens (including phenoxy) is 1. The molecule has 0 fully saturated rings. The number of benzene rings is 1. The van der Waals surface area contributed by atoms with Crippen LogP contribution in [0.15, 0.2) is 41.8 Å². The lowest BCUT2D eigenvalue weighted by Crippen LogP contribution is -2.27. The fourth-order valence-corrected chi connectivity index (χ4v) is 2.41. The second-order valence-electron chi connectivity index (χ2n) is 4.02. The third kappa shape index (κ3) is 3.04. The highest BCUT2D eigenvalue weighted by atomic mass is 32.1. The molecule has 3 N–H and O–H groups in total. The van der Waals surface area contributed by atoms with Gasteiger partial charge in [-0.05, 0) is 23.6 Å². The fraction of sp³-hybridized carbons (Fsp3) is 0.143. The Hall–Kier alpha value is -2.18. The molecule has 1 atom stereocenters. The Bertz CT molecular complexity index is 611. The number of thiophene rings is 1. The molecule has 2 aromatic rings. The number of carbonyl (C=O) groups excluding carboxylic acids is 2. The van der Waals surface area contributed by atoms with Crippen LogP contribution in [0.25, 0.3) is 0 Å². The average Bonchev–Trinajstić information content (AvgIpc) is 3.00. The minimum absolute atomic E-state index is 0.293. The van der Waals surface area contributed by atoms with Crippen molar-refractivity contribution in [2.45, 2.75) is 6.04 Å². The Morgan fingerprint density at radius 1 is 1.25 bits per heavy atom. The molecule has 6 heteroatoms. The van der Waals surface area contributed by atoms with Crippen molar-refractivity contribution < 1.29 is 14.3 Å². The molecule has 1 heterocycles. The third-order valence-corrected chi connectivity index (χ3v) is 3.68. The first-order valence-corrected chi connectivity index (χ1v) is 6.78. The SMILES string of the molecule is COC(=O)c1ccccc1NC(=O)C(N)c1cccs1. The van der Waals surface area contributed by atoms with Crippen LogP contribution in [0.3, 0.4) is 0 Å². The fourth-order valence-electron chi connectivity index (χ4n) is 1.69. The number of hydrogen-bond donors (Lipinski definition) is 2. The molecule has 1 unspecified atom stereocenters. The monoisotopic (exact) mass is 290 g/mol. The number of nitrogens with one attached hydrogen (secondary N) is 1. The molecule has 1 aromatic carbocycles. The van der Waals surface area contributed by atoms with E-state index >= 15 is 0 Å². The molecule has 0 spiro atoms. The lowest BCUT2D eigenvalue weighted by Gasteiger charge is -2.13. The van der Waals surface area contributed by atoms with E-state index in [0.717, 1.165) is 4.88 Å². The molecule has 20 heavy (non-hydrogen) atoms. The quantitative estimate of drug-likeness (QED) is 0.846. The number of para-hydroxylation sites is 1. The Balaban J connectivity index is 2.18. The maximum Gasteiger partial charge on any atom is 0.339 e. The van der Waals surface area contributed by atoms with E-state index in [1.54, 1.807) is 30.3 Å². The molecular formula is C14H14N2O3S. The normalized spacial score (nSPS) is 11.7. The van der Waals surface area contributed by atoms with Crippen LogP contribution in [0.5, 0.6) is 0 Å². The van der Waals surface area contributed by atoms with Gasteiger partial charge in [-0.2, -0.15) is 0 Å². The van der Waals surface area contributed by atoms with Gasteiger partial charge in [-0.25, -0.2) is 4.79 Å². The summed E-state index contributed by atoms with van der Waals surface area (Å²) in [6.45, 7) is 0. The van der Waals surface area contributed by atoms with Crippen molar-refractivity contribution in [1.82, 2.24) is 0 Å². The van der Waals surface area contributed by atoms with E-state index in [1.165, 1.54) is 18.4 Å². The molecule has 1 amide bonds. The number of anilines is 1. The van der Waals surface area contributed by atoms with E-state index in [-0.39, 0.29) is 5.91 Å². The number of nitrogens with two attached hydrogens (primary N) is 1. The van der Waals surface area contributed by atoms with Crippen molar-refractivity contribution >= 4 is 28.9 Å². The van der Waals surface area contributed by atoms with E-state index < -0.39 is 12.0 Å². The lowest BCUT2D eigenvalue weighted by atomic mass is 10.1. The van der Waals surface area contributed by atoms with Crippen molar-refractivity contribution in [3.05, 3.63) is 52.2 Å². The molecule has 0 saturated carbocycles. The molecule has 1 aromatic heterocycles. The number of carbonyl (C=O) groups is 2. The summed E-state index contributed by atoms with van der Waals surface area (Å²) >= 11 is 1.41. The molecule has 2 rings (SSSR count). The summed E-state index contributed by atoms with van der Waals surface area (Å²) in [5, 5.41) is 4.51. The summed E-state index contributed by atoms with van der Waals surface area (Å²) in [5.41, 5.74) is 6.55. The Morgan fingerprint density at radius 2 is 2.00 bits per heavy atom. The molecule has 0 bridgehead atoms. The van der Waals surface area contributed by atoms with Gasteiger partial charge in [0.1, 0.15) is 6.04 Å². The number of hydrogen-bond acceptors (Lipinski definition) is 5. The topological polar surface area (TPSA) is 81.4 Å². The molecule has 0 aliphatic heterocycles. The number of amides is 1. The van der Waals surface area contributed by atoms with Crippen molar-refractivity contribution in [3.63, 3.8) is 0 Å². The van der Waals surface area contributed by atoms with Gasteiger partial charge in [0.2, 0.25) is 5.91 Å². The minimum atomic E-state index is -0.763. The smallest absolute Gasteiger partial charge is 0.339 e. The summed E-state index contributed by atoms with van der Waals surface area (Å²) in [6, 6.07) is 9.49. The molecule has 0 aliphatic rings. The lowest BCUT2D eigenvalue weighted by molar-refractivity contribution is -0.117. The van der Waals surface area contributed by atoms with Crippen LogP contribution < -0.4 is 11.1 Å². The van der Waals surface area contributed by atoms with E-state index in [0.29, 0.717) is 11.3 Å². The Kier molecular flexibility index (Phi) is 4.49. The van der Waals surface area contributed by atoms with E-state index in [1.807, 2.05) is 11.4 Å². The highest BCUT2D eigenvalue weighted by molar-refractivity contribution is 7.10. The number of methoxy groups -OCH3 is 1. The predicted molar refractivity (Wildman–Crippen MR) is 77.7 cm³/mol. The van der Waals surface area contributed by atoms with Crippen LogP contribution in [0.2, 0.25) is 0 Å². The van der Waals surface area contributed by atoms with Gasteiger partial charge in [0, 0.05) is 4.88 Å². The molecule has 0 saturated heterocycles. The van der Waals surface area contributed by atoms with Gasteiger partial charge in [-0.1, -0.05) is 18.2 Å². The summed E-state index contributed by atoms with van der Waals surface area (Å²) in [5.74, 6) is -0.880. The Labute approximate surface area is 120 Å². The van der Waals surface area contributed by atoms with Gasteiger partial charge in [-0.3, -0.25) is 4.79 Å². The maximum absolute atomic E-state index is 12.1. The van der Waals surface area contributed by atoms with Crippen LogP contribution in [-0.2, 0) is 9.53 Å². The zero-order valence-corrected chi connectivity index (χ0v) is 11.6. The van der Waals surface area contributed by atoms with Crippen LogP contribution >= 0.6 is 11.3 Å². The molecule has 5 nitrogen and oxygen atoms in total. The Morgan fingerprint density at radius 3 is 2.65 bits per heavy atom. The van der Waals surface area contributed by atoms with Crippen LogP contribution in [0.1, 0.15) is 21.3 Å². The van der Waals surface area contributed by atoms with Crippen LogP contribution in [0, 0.1) is 0 Å². The predicted octanol–water partition coefficient (Wildman–Crippen LogP) is 2.17. The van der Waals surface area contributed by atoms with Gasteiger partial charge < -0.3 is 15.8 Å². The van der Waals surface area contributed by atoms with Gasteiger partial charge in [0.15, 0.2) is 0 Å². The standard InChI is InChI=1S/C14H14N2O3S/c1-19-14(18)9-5-2-3-6-10(9)16-13(17)12(15)11-7-4-8-20-11/h2-8,12H,15H2,1H3,(H,16,17). The van der Waals surface area contributed by atoms with Crippen molar-refractivity contribution in [1.29, 1.82) is 0 Å². The van der Waals surface area contributed by atoms with Gasteiger partial charge >= 0.3 is 5.97 Å². The first-order chi connectivity index (χ1) is 9.63. The number of esters is 1. The van der Waals surface area contributed by atoms with Crippen LogP contribution in [0.4, 0.5) is 5.69 Å². The summed E-state index contributed by atoms with van der Waals surface area (Å²) < 4.78 is 4.67. The first-order valence-electron chi connectivity index (χ1n) is 5.90. The van der Waals surface area contributed by atoms with E-state index in [4.69, 9.17) is 5.73 Å². The number of rotatable bonds is 4. The second-order valence-corrected chi connectivity index (χ2v) is 5.00. The van der Waals surface area contributed by atoms with Crippen LogP contribution in [-0.4, -0.2) is 19.0 Å². The minimum Gasteiger partial charge on any atom is -0.465 e. The molecular weight excluding hydrogens is 276 g/mol. The van der Waals surface area contributed by atoms with Gasteiger partial charge in [-0.15, -0.1) is 11.3 Å². The van der Waals surface area contributed by atoms with Crippen molar-refractivity contribution in [3.8, 4) is 0 Å². The highest BCUT2D eigenvalue weighted by Crippen LogP contribution is 2.21. The average molecular weight is 290 g/mol. The molecule has 104 valence electrons. The summed E-state index contributed by atoms with van der Waals surface area (Å²) in [7, 11) is 1.29. The highest BCUT2D eigenvalue weighted by Gasteiger charge is 2.19. The molecule has 0 radical (unpaired) electrons. The van der Waals surface area contributed by atoms with E-state index in [9.17, 15) is 9.59 Å². The zero-order valence-electron chi connectivity index (χ0n) is 10.8. The van der Waals surface area contributed by atoms with Crippen molar-refractivity contribution in [2.75, 3.05) is 12.4 Å². The maximum atomic E-state index is 12.1. The second kappa shape index (κ2) is 6.31. The molecule has 0 aliphatic carbocycles. The first kappa shape index (κ1) is 14.2. The summed E-state index contributed by atoms with van der Waals surface area (Å²) in [4.78, 5) is 24.5. The van der Waals surface area contributed by atoms with E-state index in [2.05, 4.69) is 10.1 Å². The summed E-state index contributed by atoms with van der Waals surface area (Å²) in [6.07, 6.45) is 0. The zero-order chi connectivity index (χ0) is 14.5. The van der Waals surface area contributed by atoms with Gasteiger partial charge in [0.25, 0.3) is 0 Å². The third-order valence-electron chi connectivity index (χ3n) is 2.72. The van der Waals surface area contributed by atoms with Crippen molar-refractivity contribution in [2.24, 2.45) is 5.73 Å². The largest absolute Gasteiger partial charge is 0.465 e. The van der Waals surface area contributed by atoms with Gasteiger partial charge in [0.05, 0.1) is 18.4 Å².